The molecule has 0 bridgehead atoms. The van der Waals surface area contributed by atoms with Crippen molar-refractivity contribution in [3.63, 3.8) is 0 Å². The minimum Gasteiger partial charge on any atom is -0.316 e. The van der Waals surface area contributed by atoms with E-state index in [1.807, 2.05) is 32.0 Å². The average Bonchev–Trinajstić information content (AvgIpc) is 2.60. The smallest absolute Gasteiger partial charge is 0.255 e. The molecule has 0 fully saturated rings. The quantitative estimate of drug-likeness (QED) is 0.772. The first-order valence-electron chi connectivity index (χ1n) is 6.64. The molecular formula is C16H20N2O. The fourth-order valence-corrected chi connectivity index (χ4v) is 2.52. The second-order valence-corrected chi connectivity index (χ2v) is 6.39. The number of hydrogen-bond donors (Lipinski definition) is 0. The van der Waals surface area contributed by atoms with E-state index in [9.17, 15) is 10.1 Å². The zero-order chi connectivity index (χ0) is 14.4. The molecule has 0 radical (unpaired) electrons. The van der Waals surface area contributed by atoms with Gasteiger partial charge in [-0.15, -0.1) is 0 Å². The summed E-state index contributed by atoms with van der Waals surface area (Å²) >= 11 is 0. The summed E-state index contributed by atoms with van der Waals surface area (Å²) in [5.41, 5.74) is 2.70. The van der Waals surface area contributed by atoms with Gasteiger partial charge in [0.1, 0.15) is 6.04 Å². The minimum absolute atomic E-state index is 0.0172. The second kappa shape index (κ2) is 4.38. The highest BCUT2D eigenvalue weighted by Crippen LogP contribution is 2.37. The van der Waals surface area contributed by atoms with Gasteiger partial charge in [0.05, 0.1) is 6.07 Å². The topological polar surface area (TPSA) is 44.1 Å². The monoisotopic (exact) mass is 256 g/mol. The van der Waals surface area contributed by atoms with E-state index in [4.69, 9.17) is 0 Å². The van der Waals surface area contributed by atoms with Crippen LogP contribution in [-0.4, -0.2) is 16.8 Å². The molecule has 100 valence electrons. The number of benzene rings is 1. The number of rotatable bonds is 1. The van der Waals surface area contributed by atoms with E-state index in [0.29, 0.717) is 5.56 Å². The molecule has 1 heterocycles. The van der Waals surface area contributed by atoms with Crippen molar-refractivity contribution in [2.75, 3.05) is 0 Å². The summed E-state index contributed by atoms with van der Waals surface area (Å²) in [5.74, 6) is -0.0305. The number of nitriles is 1. The van der Waals surface area contributed by atoms with Crippen LogP contribution in [0.15, 0.2) is 18.2 Å². The van der Waals surface area contributed by atoms with Crippen LogP contribution >= 0.6 is 0 Å². The van der Waals surface area contributed by atoms with Gasteiger partial charge < -0.3 is 4.90 Å². The molecule has 3 heteroatoms. The van der Waals surface area contributed by atoms with Crippen LogP contribution in [0.25, 0.3) is 0 Å². The fourth-order valence-electron chi connectivity index (χ4n) is 2.52. The van der Waals surface area contributed by atoms with E-state index in [0.717, 1.165) is 11.1 Å². The maximum atomic E-state index is 12.3. The minimum atomic E-state index is -0.454. The van der Waals surface area contributed by atoms with Crippen LogP contribution in [0.4, 0.5) is 0 Å². The predicted molar refractivity (Wildman–Crippen MR) is 74.8 cm³/mol. The van der Waals surface area contributed by atoms with E-state index < -0.39 is 6.04 Å². The molecule has 1 atom stereocenters. The van der Waals surface area contributed by atoms with Gasteiger partial charge in [-0.1, -0.05) is 32.9 Å². The Labute approximate surface area is 114 Å². The van der Waals surface area contributed by atoms with Crippen LogP contribution in [0, 0.1) is 11.3 Å². The Bertz CT molecular complexity index is 561. The lowest BCUT2D eigenvalue weighted by Gasteiger charge is -2.24. The second-order valence-electron chi connectivity index (χ2n) is 6.39. The molecule has 3 nitrogen and oxygen atoms in total. The van der Waals surface area contributed by atoms with Crippen LogP contribution in [-0.2, 0) is 5.41 Å². The van der Waals surface area contributed by atoms with E-state index >= 15 is 0 Å². The zero-order valence-corrected chi connectivity index (χ0v) is 12.2. The van der Waals surface area contributed by atoms with Gasteiger partial charge in [-0.05, 0) is 30.9 Å². The normalized spacial score (nSPS) is 18.7. The van der Waals surface area contributed by atoms with Crippen molar-refractivity contribution in [1.82, 2.24) is 4.90 Å². The van der Waals surface area contributed by atoms with Crippen molar-refractivity contribution in [3.05, 3.63) is 34.9 Å². The average molecular weight is 256 g/mol. The van der Waals surface area contributed by atoms with Gasteiger partial charge in [0, 0.05) is 17.2 Å². The third kappa shape index (κ3) is 2.12. The van der Waals surface area contributed by atoms with E-state index in [-0.39, 0.29) is 17.4 Å². The van der Waals surface area contributed by atoms with Gasteiger partial charge in [0.15, 0.2) is 0 Å². The molecule has 1 aliphatic rings. The van der Waals surface area contributed by atoms with Crippen molar-refractivity contribution in [1.29, 1.82) is 5.26 Å². The van der Waals surface area contributed by atoms with Gasteiger partial charge in [-0.2, -0.15) is 5.26 Å². The highest BCUT2D eigenvalue weighted by Gasteiger charge is 2.38. The first-order chi connectivity index (χ1) is 8.77. The fraction of sp³-hybridized carbons (Fsp3) is 0.500. The first-order valence-corrected chi connectivity index (χ1v) is 6.64. The maximum Gasteiger partial charge on any atom is 0.255 e. The van der Waals surface area contributed by atoms with Crippen LogP contribution < -0.4 is 0 Å². The molecule has 0 saturated carbocycles. The number of hydrogen-bond acceptors (Lipinski definition) is 2. The van der Waals surface area contributed by atoms with Gasteiger partial charge in [-0.3, -0.25) is 4.79 Å². The van der Waals surface area contributed by atoms with Gasteiger partial charge in [0.25, 0.3) is 5.91 Å². The van der Waals surface area contributed by atoms with E-state index in [2.05, 4.69) is 26.8 Å². The van der Waals surface area contributed by atoms with Crippen molar-refractivity contribution < 1.29 is 4.79 Å². The lowest BCUT2D eigenvalue weighted by Crippen LogP contribution is -2.33. The molecule has 1 aromatic rings. The highest BCUT2D eigenvalue weighted by atomic mass is 16.2. The maximum absolute atomic E-state index is 12.3. The van der Waals surface area contributed by atoms with Gasteiger partial charge in [-0.25, -0.2) is 0 Å². The van der Waals surface area contributed by atoms with Gasteiger partial charge in [0.2, 0.25) is 0 Å². The summed E-state index contributed by atoms with van der Waals surface area (Å²) in [5, 5.41) is 9.40. The molecule has 2 rings (SSSR count). The molecule has 1 aliphatic heterocycles. The van der Waals surface area contributed by atoms with Crippen LogP contribution in [0.5, 0.6) is 0 Å². The Morgan fingerprint density at radius 2 is 1.95 bits per heavy atom. The van der Waals surface area contributed by atoms with Crippen molar-refractivity contribution >= 4 is 5.91 Å². The zero-order valence-electron chi connectivity index (χ0n) is 12.2. The summed E-state index contributed by atoms with van der Waals surface area (Å²) in [4.78, 5) is 14.0. The molecule has 0 saturated heterocycles. The standard InChI is InChI=1S/C16H20N2O/c1-10(2)18-14(9-17)13-8-11(16(3,4)5)6-7-12(13)15(18)19/h6-8,10,14H,1-5H3. The van der Waals surface area contributed by atoms with Crippen molar-refractivity contribution in [2.45, 2.75) is 52.1 Å². The molecule has 0 spiro atoms. The predicted octanol–water partition coefficient (Wildman–Crippen LogP) is 3.41. The number of carbonyl (C=O) groups excluding carboxylic acids is 1. The molecule has 0 N–H and O–H groups in total. The van der Waals surface area contributed by atoms with Gasteiger partial charge >= 0.3 is 0 Å². The number of amides is 1. The Kier molecular flexibility index (Phi) is 3.14. The molecular weight excluding hydrogens is 236 g/mol. The third-order valence-electron chi connectivity index (χ3n) is 3.63. The van der Waals surface area contributed by atoms with Crippen LogP contribution in [0.1, 0.15) is 62.1 Å². The number of nitrogens with zero attached hydrogens (tertiary/aromatic N) is 2. The highest BCUT2D eigenvalue weighted by molar-refractivity contribution is 6.00. The Morgan fingerprint density at radius 1 is 1.32 bits per heavy atom. The SMILES string of the molecule is CC(C)N1C(=O)c2ccc(C(C)(C)C)cc2C1C#N. The molecule has 0 aromatic heterocycles. The number of fused-ring (bicyclic) bond motifs is 1. The summed E-state index contributed by atoms with van der Waals surface area (Å²) in [6, 6.07) is 7.72. The summed E-state index contributed by atoms with van der Waals surface area (Å²) in [7, 11) is 0. The largest absolute Gasteiger partial charge is 0.316 e. The van der Waals surface area contributed by atoms with Crippen molar-refractivity contribution in [2.24, 2.45) is 0 Å². The lowest BCUT2D eigenvalue weighted by molar-refractivity contribution is 0.0704. The molecule has 1 amide bonds. The van der Waals surface area contributed by atoms with Crippen LogP contribution in [0.2, 0.25) is 0 Å². The Hall–Kier alpha value is -1.82. The molecule has 0 aliphatic carbocycles. The van der Waals surface area contributed by atoms with E-state index in [1.54, 1.807) is 4.90 Å². The number of carbonyl (C=O) groups is 1. The van der Waals surface area contributed by atoms with E-state index in [1.165, 1.54) is 0 Å². The summed E-state index contributed by atoms with van der Waals surface area (Å²) in [6.07, 6.45) is 0. The summed E-state index contributed by atoms with van der Waals surface area (Å²) < 4.78 is 0. The third-order valence-corrected chi connectivity index (χ3v) is 3.63. The van der Waals surface area contributed by atoms with Crippen molar-refractivity contribution in [3.8, 4) is 6.07 Å². The Balaban J connectivity index is 2.57. The lowest BCUT2D eigenvalue weighted by atomic mass is 9.85. The Morgan fingerprint density at radius 3 is 2.42 bits per heavy atom. The molecule has 1 unspecified atom stereocenters. The first kappa shape index (κ1) is 13.6. The molecule has 1 aromatic carbocycles. The van der Waals surface area contributed by atoms with Crippen LogP contribution in [0.3, 0.4) is 0 Å². The summed E-state index contributed by atoms with van der Waals surface area (Å²) in [6.45, 7) is 10.3. The molecule has 19 heavy (non-hydrogen) atoms.